The van der Waals surface area contributed by atoms with Gasteiger partial charge in [0.05, 0.1) is 4.90 Å². The Morgan fingerprint density at radius 3 is 2.27 bits per heavy atom. The molecule has 0 amide bonds. The molecule has 0 aliphatic carbocycles. The lowest BCUT2D eigenvalue weighted by atomic mass is 10.0. The number of hydrogen-bond acceptors (Lipinski definition) is 2. The molecule has 1 aliphatic heterocycles. The van der Waals surface area contributed by atoms with E-state index < -0.39 is 10.0 Å². The van der Waals surface area contributed by atoms with Crippen LogP contribution in [-0.2, 0) is 10.0 Å². The van der Waals surface area contributed by atoms with Crippen LogP contribution in [0, 0.1) is 0 Å². The van der Waals surface area contributed by atoms with Crippen LogP contribution in [0.1, 0.15) is 12.0 Å². The minimum absolute atomic E-state index is 0.326. The van der Waals surface area contributed by atoms with E-state index in [1.165, 1.54) is 15.4 Å². The van der Waals surface area contributed by atoms with Gasteiger partial charge in [0.25, 0.3) is 0 Å². The number of rotatable bonds is 3. The highest BCUT2D eigenvalue weighted by atomic mass is 79.9. The molecule has 0 radical (unpaired) electrons. The van der Waals surface area contributed by atoms with Crippen LogP contribution in [-0.4, -0.2) is 25.8 Å². The Kier molecular flexibility index (Phi) is 4.47. The van der Waals surface area contributed by atoms with Crippen LogP contribution in [0.25, 0.3) is 5.57 Å². The zero-order chi connectivity index (χ0) is 15.6. The summed E-state index contributed by atoms with van der Waals surface area (Å²) >= 11 is 3.33. The van der Waals surface area contributed by atoms with Crippen molar-refractivity contribution in [3.05, 3.63) is 70.7 Å². The van der Waals surface area contributed by atoms with Crippen molar-refractivity contribution < 1.29 is 8.42 Å². The van der Waals surface area contributed by atoms with Crippen LogP contribution in [0.5, 0.6) is 0 Å². The van der Waals surface area contributed by atoms with Gasteiger partial charge in [-0.25, -0.2) is 8.42 Å². The summed E-state index contributed by atoms with van der Waals surface area (Å²) in [5.74, 6) is 0. The smallest absolute Gasteiger partial charge is 0.207 e. The van der Waals surface area contributed by atoms with Gasteiger partial charge >= 0.3 is 0 Å². The molecule has 2 aromatic carbocycles. The molecule has 1 heterocycles. The third kappa shape index (κ3) is 3.02. The van der Waals surface area contributed by atoms with Gasteiger partial charge in [0.1, 0.15) is 0 Å². The normalized spacial score (nSPS) is 16.3. The van der Waals surface area contributed by atoms with Crippen molar-refractivity contribution in [2.75, 3.05) is 13.1 Å². The molecular formula is C17H16BrNO2S. The molecule has 3 nitrogen and oxygen atoms in total. The summed E-state index contributed by atoms with van der Waals surface area (Å²) in [6, 6.07) is 17.0. The van der Waals surface area contributed by atoms with Crippen molar-refractivity contribution in [1.82, 2.24) is 4.31 Å². The van der Waals surface area contributed by atoms with Gasteiger partial charge in [0, 0.05) is 17.6 Å². The van der Waals surface area contributed by atoms with Crippen molar-refractivity contribution in [2.45, 2.75) is 11.3 Å². The number of nitrogens with zero attached hydrogens (tertiary/aromatic N) is 1. The van der Waals surface area contributed by atoms with Crippen LogP contribution in [0.4, 0.5) is 0 Å². The highest BCUT2D eigenvalue weighted by Crippen LogP contribution is 2.28. The molecule has 0 fully saturated rings. The van der Waals surface area contributed by atoms with Crippen LogP contribution in [0.3, 0.4) is 0 Å². The van der Waals surface area contributed by atoms with E-state index in [1.807, 2.05) is 30.3 Å². The third-order valence-electron chi connectivity index (χ3n) is 3.77. The summed E-state index contributed by atoms with van der Waals surface area (Å²) in [4.78, 5) is 0.326. The molecule has 0 saturated carbocycles. The number of sulfonamides is 1. The van der Waals surface area contributed by atoms with Crippen LogP contribution < -0.4 is 0 Å². The minimum Gasteiger partial charge on any atom is -0.207 e. The zero-order valence-corrected chi connectivity index (χ0v) is 14.3. The Balaban J connectivity index is 1.84. The van der Waals surface area contributed by atoms with Crippen LogP contribution in [0.2, 0.25) is 0 Å². The largest absolute Gasteiger partial charge is 0.244 e. The molecule has 0 unspecified atom stereocenters. The summed E-state index contributed by atoms with van der Waals surface area (Å²) in [5, 5.41) is 0. The molecule has 0 bridgehead atoms. The van der Waals surface area contributed by atoms with E-state index in [0.29, 0.717) is 22.5 Å². The molecule has 5 heteroatoms. The maximum absolute atomic E-state index is 12.7. The second-order valence-corrected chi connectivity index (χ2v) is 7.90. The van der Waals surface area contributed by atoms with Crippen molar-refractivity contribution in [3.8, 4) is 0 Å². The maximum atomic E-state index is 12.7. The van der Waals surface area contributed by atoms with E-state index in [4.69, 9.17) is 0 Å². The SMILES string of the molecule is O=S(=O)(c1ccccc1Br)N1CC=C(c2ccccc2)CC1. The van der Waals surface area contributed by atoms with E-state index in [-0.39, 0.29) is 0 Å². The number of halogens is 1. The Morgan fingerprint density at radius 2 is 1.64 bits per heavy atom. The summed E-state index contributed by atoms with van der Waals surface area (Å²) in [6.07, 6.45) is 2.74. The lowest BCUT2D eigenvalue weighted by Gasteiger charge is -2.26. The Labute approximate surface area is 139 Å². The predicted octanol–water partition coefficient (Wildman–Crippen LogP) is 3.93. The first kappa shape index (κ1) is 15.5. The second kappa shape index (κ2) is 6.36. The third-order valence-corrected chi connectivity index (χ3v) is 6.65. The van der Waals surface area contributed by atoms with Gasteiger partial charge in [0.15, 0.2) is 0 Å². The van der Waals surface area contributed by atoms with Gasteiger partial charge in [-0.3, -0.25) is 0 Å². The first-order valence-corrected chi connectivity index (χ1v) is 9.31. The van der Waals surface area contributed by atoms with E-state index in [1.54, 1.807) is 18.2 Å². The standard InChI is InChI=1S/C17H16BrNO2S/c18-16-8-4-5-9-17(16)22(20,21)19-12-10-15(11-13-19)14-6-2-1-3-7-14/h1-10H,11-13H2. The zero-order valence-electron chi connectivity index (χ0n) is 11.9. The second-order valence-electron chi connectivity index (χ2n) is 5.14. The summed E-state index contributed by atoms with van der Waals surface area (Å²) in [7, 11) is -3.46. The molecular weight excluding hydrogens is 362 g/mol. The van der Waals surface area contributed by atoms with Crippen LogP contribution >= 0.6 is 15.9 Å². The highest BCUT2D eigenvalue weighted by molar-refractivity contribution is 9.10. The fourth-order valence-electron chi connectivity index (χ4n) is 2.58. The van der Waals surface area contributed by atoms with Crippen molar-refractivity contribution in [1.29, 1.82) is 0 Å². The lowest BCUT2D eigenvalue weighted by Crippen LogP contribution is -2.34. The summed E-state index contributed by atoms with van der Waals surface area (Å²) in [5.41, 5.74) is 2.37. The quantitative estimate of drug-likeness (QED) is 0.812. The van der Waals surface area contributed by atoms with Gasteiger partial charge in [-0.2, -0.15) is 4.31 Å². The van der Waals surface area contributed by atoms with Gasteiger partial charge in [-0.15, -0.1) is 0 Å². The van der Waals surface area contributed by atoms with Gasteiger partial charge < -0.3 is 0 Å². The molecule has 0 saturated heterocycles. The van der Waals surface area contributed by atoms with Crippen molar-refractivity contribution in [3.63, 3.8) is 0 Å². The van der Waals surface area contributed by atoms with Crippen molar-refractivity contribution in [2.24, 2.45) is 0 Å². The molecule has 0 aromatic heterocycles. The highest BCUT2D eigenvalue weighted by Gasteiger charge is 2.27. The average Bonchev–Trinajstić information content (AvgIpc) is 2.56. The van der Waals surface area contributed by atoms with E-state index in [2.05, 4.69) is 28.1 Å². The Bertz CT molecular complexity index is 800. The summed E-state index contributed by atoms with van der Waals surface area (Å²) < 4.78 is 27.6. The molecule has 114 valence electrons. The minimum atomic E-state index is -3.46. The van der Waals surface area contributed by atoms with E-state index in [9.17, 15) is 8.42 Å². The Hall–Kier alpha value is -1.43. The van der Waals surface area contributed by atoms with E-state index >= 15 is 0 Å². The Morgan fingerprint density at radius 1 is 0.955 bits per heavy atom. The first-order valence-electron chi connectivity index (χ1n) is 7.08. The first-order chi connectivity index (χ1) is 10.6. The summed E-state index contributed by atoms with van der Waals surface area (Å²) in [6.45, 7) is 0.915. The molecule has 0 spiro atoms. The van der Waals surface area contributed by atoms with Crippen molar-refractivity contribution >= 4 is 31.5 Å². The number of benzene rings is 2. The molecule has 22 heavy (non-hydrogen) atoms. The maximum Gasteiger partial charge on any atom is 0.244 e. The number of hydrogen-bond donors (Lipinski definition) is 0. The molecule has 3 rings (SSSR count). The van der Waals surface area contributed by atoms with Gasteiger partial charge in [-0.05, 0) is 45.6 Å². The fraction of sp³-hybridized carbons (Fsp3) is 0.176. The van der Waals surface area contributed by atoms with E-state index in [0.717, 1.165) is 6.42 Å². The molecule has 1 aliphatic rings. The lowest BCUT2D eigenvalue weighted by molar-refractivity contribution is 0.441. The van der Waals surface area contributed by atoms with Crippen LogP contribution in [0.15, 0.2) is 70.0 Å². The fourth-order valence-corrected chi connectivity index (χ4v) is 4.92. The monoisotopic (exact) mass is 377 g/mol. The van der Waals surface area contributed by atoms with Gasteiger partial charge in [-0.1, -0.05) is 48.5 Å². The molecule has 0 atom stereocenters. The predicted molar refractivity (Wildman–Crippen MR) is 91.9 cm³/mol. The average molecular weight is 378 g/mol. The molecule has 0 N–H and O–H groups in total. The topological polar surface area (TPSA) is 37.4 Å². The molecule has 2 aromatic rings. The van der Waals surface area contributed by atoms with Gasteiger partial charge in [0.2, 0.25) is 10.0 Å².